The average molecular weight is 392 g/mol. The first kappa shape index (κ1) is 18.5. The summed E-state index contributed by atoms with van der Waals surface area (Å²) in [6.45, 7) is -0.135. The summed E-state index contributed by atoms with van der Waals surface area (Å²) in [5.74, 6) is 1.03. The second kappa shape index (κ2) is 8.02. The van der Waals surface area contributed by atoms with Crippen LogP contribution in [0.4, 0.5) is 10.1 Å². The Kier molecular flexibility index (Phi) is 5.11. The van der Waals surface area contributed by atoms with Gasteiger partial charge in [0, 0.05) is 11.3 Å². The van der Waals surface area contributed by atoms with Gasteiger partial charge >= 0.3 is 0 Å². The summed E-state index contributed by atoms with van der Waals surface area (Å²) < 4.78 is 29.3. The van der Waals surface area contributed by atoms with Crippen molar-refractivity contribution in [1.82, 2.24) is 4.98 Å². The molecule has 1 N–H and O–H groups in total. The highest BCUT2D eigenvalue weighted by Gasteiger charge is 2.10. The third-order valence-corrected chi connectivity index (χ3v) is 4.19. The maximum atomic E-state index is 13.1. The molecule has 1 heterocycles. The number of nitrogens with zero attached hydrogens (tertiary/aromatic N) is 1. The predicted octanol–water partition coefficient (Wildman–Crippen LogP) is 4.66. The van der Waals surface area contributed by atoms with Crippen molar-refractivity contribution in [2.45, 2.75) is 0 Å². The number of hydrogen-bond acceptors (Lipinski definition) is 5. The number of aromatic nitrogens is 1. The second-order valence-electron chi connectivity index (χ2n) is 6.22. The van der Waals surface area contributed by atoms with Gasteiger partial charge in [0.2, 0.25) is 5.89 Å². The zero-order valence-corrected chi connectivity index (χ0v) is 15.5. The molecule has 0 atom stereocenters. The van der Waals surface area contributed by atoms with Crippen molar-refractivity contribution in [3.05, 3.63) is 72.5 Å². The number of oxazole rings is 1. The summed E-state index contributed by atoms with van der Waals surface area (Å²) in [6, 6.07) is 18.0. The van der Waals surface area contributed by atoms with E-state index in [1.807, 2.05) is 0 Å². The molecule has 0 saturated carbocycles. The van der Waals surface area contributed by atoms with Crippen LogP contribution in [0.3, 0.4) is 0 Å². The van der Waals surface area contributed by atoms with Gasteiger partial charge in [-0.3, -0.25) is 4.79 Å². The Hall–Kier alpha value is -3.87. The zero-order chi connectivity index (χ0) is 20.2. The van der Waals surface area contributed by atoms with Crippen LogP contribution in [0, 0.1) is 5.82 Å². The SMILES string of the molecule is COc1ccc(OCC(=O)Nc2ccc3oc(-c4ccc(F)cc4)nc3c2)cc1. The highest BCUT2D eigenvalue weighted by molar-refractivity contribution is 5.94. The van der Waals surface area contributed by atoms with E-state index < -0.39 is 0 Å². The topological polar surface area (TPSA) is 73.6 Å². The third kappa shape index (κ3) is 4.35. The van der Waals surface area contributed by atoms with Crippen LogP contribution in [-0.4, -0.2) is 24.6 Å². The van der Waals surface area contributed by atoms with Gasteiger partial charge in [0.05, 0.1) is 7.11 Å². The Bertz CT molecular complexity index is 1140. The van der Waals surface area contributed by atoms with E-state index in [0.717, 1.165) is 0 Å². The van der Waals surface area contributed by atoms with E-state index in [4.69, 9.17) is 13.9 Å². The molecule has 146 valence electrons. The number of methoxy groups -OCH3 is 1. The standard InChI is InChI=1S/C22H17FN2O4/c1-27-17-7-9-18(10-8-17)28-13-21(26)24-16-6-11-20-19(12-16)25-22(29-20)14-2-4-15(23)5-3-14/h2-12H,13H2,1H3,(H,24,26). The van der Waals surface area contributed by atoms with Crippen molar-refractivity contribution in [1.29, 1.82) is 0 Å². The predicted molar refractivity (Wildman–Crippen MR) is 107 cm³/mol. The lowest BCUT2D eigenvalue weighted by Gasteiger charge is -2.08. The number of amides is 1. The van der Waals surface area contributed by atoms with E-state index in [2.05, 4.69) is 10.3 Å². The smallest absolute Gasteiger partial charge is 0.262 e. The van der Waals surface area contributed by atoms with Crippen LogP contribution in [0.15, 0.2) is 71.1 Å². The molecule has 29 heavy (non-hydrogen) atoms. The van der Waals surface area contributed by atoms with Gasteiger partial charge < -0.3 is 19.2 Å². The monoisotopic (exact) mass is 392 g/mol. The highest BCUT2D eigenvalue weighted by atomic mass is 19.1. The molecule has 7 heteroatoms. The number of carbonyl (C=O) groups excluding carboxylic acids is 1. The highest BCUT2D eigenvalue weighted by Crippen LogP contribution is 2.26. The molecule has 0 aliphatic heterocycles. The Morgan fingerprint density at radius 2 is 1.76 bits per heavy atom. The van der Waals surface area contributed by atoms with Crippen LogP contribution < -0.4 is 14.8 Å². The molecule has 4 aromatic rings. The molecule has 0 unspecified atom stereocenters. The minimum absolute atomic E-state index is 0.135. The number of ether oxygens (including phenoxy) is 2. The van der Waals surface area contributed by atoms with E-state index in [9.17, 15) is 9.18 Å². The van der Waals surface area contributed by atoms with Gasteiger partial charge in [0.15, 0.2) is 12.2 Å². The fourth-order valence-corrected chi connectivity index (χ4v) is 2.74. The molecule has 1 amide bonds. The van der Waals surface area contributed by atoms with Gasteiger partial charge in [-0.2, -0.15) is 0 Å². The van der Waals surface area contributed by atoms with Crippen LogP contribution in [0.2, 0.25) is 0 Å². The van der Waals surface area contributed by atoms with E-state index >= 15 is 0 Å². The lowest BCUT2D eigenvalue weighted by atomic mass is 10.2. The van der Waals surface area contributed by atoms with Crippen molar-refractivity contribution in [3.63, 3.8) is 0 Å². The number of rotatable bonds is 6. The molecule has 0 saturated heterocycles. The summed E-state index contributed by atoms with van der Waals surface area (Å²) in [5, 5.41) is 2.76. The molecule has 0 aliphatic carbocycles. The van der Waals surface area contributed by atoms with Gasteiger partial charge in [-0.15, -0.1) is 0 Å². The van der Waals surface area contributed by atoms with Crippen molar-refractivity contribution < 1.29 is 23.1 Å². The van der Waals surface area contributed by atoms with E-state index in [0.29, 0.717) is 39.7 Å². The third-order valence-electron chi connectivity index (χ3n) is 4.19. The largest absolute Gasteiger partial charge is 0.497 e. The molecular formula is C22H17FN2O4. The fraction of sp³-hybridized carbons (Fsp3) is 0.0909. The lowest BCUT2D eigenvalue weighted by molar-refractivity contribution is -0.118. The maximum Gasteiger partial charge on any atom is 0.262 e. The molecule has 6 nitrogen and oxygen atoms in total. The number of anilines is 1. The number of benzene rings is 3. The first-order chi connectivity index (χ1) is 14.1. The van der Waals surface area contributed by atoms with Crippen LogP contribution in [0.1, 0.15) is 0 Å². The van der Waals surface area contributed by atoms with Gasteiger partial charge in [-0.25, -0.2) is 9.37 Å². The Balaban J connectivity index is 1.42. The summed E-state index contributed by atoms with van der Waals surface area (Å²) in [4.78, 5) is 16.6. The minimum atomic E-state index is -0.327. The lowest BCUT2D eigenvalue weighted by Crippen LogP contribution is -2.20. The van der Waals surface area contributed by atoms with Gasteiger partial charge in [-0.1, -0.05) is 0 Å². The molecule has 0 spiro atoms. The summed E-state index contributed by atoms with van der Waals surface area (Å²) in [7, 11) is 1.58. The van der Waals surface area contributed by atoms with Crippen molar-refractivity contribution in [2.75, 3.05) is 19.0 Å². The van der Waals surface area contributed by atoms with E-state index in [1.165, 1.54) is 12.1 Å². The zero-order valence-electron chi connectivity index (χ0n) is 15.5. The Morgan fingerprint density at radius 3 is 2.48 bits per heavy atom. The summed E-state index contributed by atoms with van der Waals surface area (Å²) in [6.07, 6.45) is 0. The molecule has 3 aromatic carbocycles. The summed E-state index contributed by atoms with van der Waals surface area (Å²) in [5.41, 5.74) is 2.39. The molecule has 0 radical (unpaired) electrons. The normalized spacial score (nSPS) is 10.7. The van der Waals surface area contributed by atoms with Gasteiger partial charge in [0.25, 0.3) is 5.91 Å². The fourth-order valence-electron chi connectivity index (χ4n) is 2.74. The number of halogens is 1. The van der Waals surface area contributed by atoms with Gasteiger partial charge in [0.1, 0.15) is 22.8 Å². The van der Waals surface area contributed by atoms with Crippen molar-refractivity contribution in [3.8, 4) is 23.0 Å². The van der Waals surface area contributed by atoms with Crippen LogP contribution in [0.5, 0.6) is 11.5 Å². The number of nitrogens with one attached hydrogen (secondary N) is 1. The molecule has 0 bridgehead atoms. The molecule has 1 aromatic heterocycles. The molecule has 0 aliphatic rings. The number of hydrogen-bond donors (Lipinski definition) is 1. The number of fused-ring (bicyclic) bond motifs is 1. The van der Waals surface area contributed by atoms with Crippen LogP contribution in [-0.2, 0) is 4.79 Å². The van der Waals surface area contributed by atoms with E-state index in [-0.39, 0.29) is 18.3 Å². The van der Waals surface area contributed by atoms with Crippen molar-refractivity contribution in [2.24, 2.45) is 0 Å². The summed E-state index contributed by atoms with van der Waals surface area (Å²) >= 11 is 0. The molecular weight excluding hydrogens is 375 g/mol. The molecule has 0 fully saturated rings. The Labute approximate surface area is 165 Å². The Morgan fingerprint density at radius 1 is 1.03 bits per heavy atom. The minimum Gasteiger partial charge on any atom is -0.497 e. The van der Waals surface area contributed by atoms with Gasteiger partial charge in [-0.05, 0) is 66.7 Å². The quantitative estimate of drug-likeness (QED) is 0.517. The first-order valence-corrected chi connectivity index (χ1v) is 8.84. The average Bonchev–Trinajstić information content (AvgIpc) is 3.16. The first-order valence-electron chi connectivity index (χ1n) is 8.84. The second-order valence-corrected chi connectivity index (χ2v) is 6.22. The van der Waals surface area contributed by atoms with E-state index in [1.54, 1.807) is 61.7 Å². The van der Waals surface area contributed by atoms with Crippen LogP contribution >= 0.6 is 0 Å². The van der Waals surface area contributed by atoms with Crippen LogP contribution in [0.25, 0.3) is 22.6 Å². The number of carbonyl (C=O) groups is 1. The van der Waals surface area contributed by atoms with Crippen molar-refractivity contribution >= 4 is 22.7 Å². The maximum absolute atomic E-state index is 13.1. The molecule has 4 rings (SSSR count).